The van der Waals surface area contributed by atoms with E-state index in [1.54, 1.807) is 24.4 Å². The Morgan fingerprint density at radius 1 is 1.00 bits per heavy atom. The molecule has 2 rings (SSSR count). The Kier molecular flexibility index (Phi) is 4.48. The fourth-order valence-corrected chi connectivity index (χ4v) is 1.90. The molecule has 2 aromatic carbocycles. The van der Waals surface area contributed by atoms with Crippen LogP contribution in [0.3, 0.4) is 0 Å². The monoisotopic (exact) mass is 298 g/mol. The quantitative estimate of drug-likeness (QED) is 0.619. The summed E-state index contributed by atoms with van der Waals surface area (Å²) >= 11 is 17.8. The first-order valence-corrected chi connectivity index (χ1v) is 6.29. The Balaban J connectivity index is 2.10. The largest absolute Gasteiger partial charge is 0.278 e. The summed E-state index contributed by atoms with van der Waals surface area (Å²) in [5.41, 5.74) is 4.42. The third kappa shape index (κ3) is 3.39. The summed E-state index contributed by atoms with van der Waals surface area (Å²) < 4.78 is 0. The van der Waals surface area contributed by atoms with Crippen molar-refractivity contribution >= 4 is 46.7 Å². The predicted octanol–water partition coefficient (Wildman–Crippen LogP) is 5.09. The number of rotatable bonds is 3. The van der Waals surface area contributed by atoms with Crippen molar-refractivity contribution in [3.63, 3.8) is 0 Å². The van der Waals surface area contributed by atoms with Gasteiger partial charge in [-0.25, -0.2) is 0 Å². The molecular formula is C13H9Cl3N2. The summed E-state index contributed by atoms with van der Waals surface area (Å²) in [6, 6.07) is 12.6. The van der Waals surface area contributed by atoms with E-state index in [2.05, 4.69) is 10.5 Å². The molecule has 0 aliphatic heterocycles. The molecule has 0 heterocycles. The number of hydrazone groups is 1. The Morgan fingerprint density at radius 3 is 2.56 bits per heavy atom. The van der Waals surface area contributed by atoms with Crippen molar-refractivity contribution in [3.8, 4) is 0 Å². The number of anilines is 1. The molecule has 2 nitrogen and oxygen atoms in total. The van der Waals surface area contributed by atoms with Gasteiger partial charge in [0.25, 0.3) is 0 Å². The van der Waals surface area contributed by atoms with Crippen LogP contribution in [0.15, 0.2) is 47.6 Å². The normalized spacial score (nSPS) is 10.8. The van der Waals surface area contributed by atoms with E-state index in [1.807, 2.05) is 24.3 Å². The van der Waals surface area contributed by atoms with Crippen LogP contribution in [-0.2, 0) is 0 Å². The molecule has 0 fully saturated rings. The summed E-state index contributed by atoms with van der Waals surface area (Å²) in [5.74, 6) is 0. The first kappa shape index (κ1) is 13.2. The zero-order valence-electron chi connectivity index (χ0n) is 9.20. The molecule has 0 aliphatic rings. The molecule has 1 N–H and O–H groups in total. The Labute approximate surface area is 120 Å². The SMILES string of the molecule is Clc1cccc(NN=Cc2cccc(Cl)c2Cl)c1. The van der Waals surface area contributed by atoms with Gasteiger partial charge in [0.2, 0.25) is 0 Å². The van der Waals surface area contributed by atoms with Crippen molar-refractivity contribution in [2.24, 2.45) is 5.10 Å². The zero-order valence-corrected chi connectivity index (χ0v) is 11.5. The molecule has 0 atom stereocenters. The molecule has 0 unspecified atom stereocenters. The minimum atomic E-state index is 0.482. The molecule has 0 radical (unpaired) electrons. The number of nitrogens with one attached hydrogen (secondary N) is 1. The summed E-state index contributed by atoms with van der Waals surface area (Å²) in [4.78, 5) is 0. The highest BCUT2D eigenvalue weighted by Crippen LogP contribution is 2.24. The van der Waals surface area contributed by atoms with Gasteiger partial charge in [0.1, 0.15) is 0 Å². The lowest BCUT2D eigenvalue weighted by Gasteiger charge is -2.01. The molecular weight excluding hydrogens is 291 g/mol. The van der Waals surface area contributed by atoms with Crippen LogP contribution in [-0.4, -0.2) is 6.21 Å². The lowest BCUT2D eigenvalue weighted by atomic mass is 10.2. The van der Waals surface area contributed by atoms with Gasteiger partial charge < -0.3 is 0 Å². The van der Waals surface area contributed by atoms with Crippen molar-refractivity contribution in [2.75, 3.05) is 5.43 Å². The van der Waals surface area contributed by atoms with Crippen molar-refractivity contribution in [1.29, 1.82) is 0 Å². The van der Waals surface area contributed by atoms with E-state index >= 15 is 0 Å². The minimum Gasteiger partial charge on any atom is -0.278 e. The maximum atomic E-state index is 6.03. The second kappa shape index (κ2) is 6.10. The van der Waals surface area contributed by atoms with Gasteiger partial charge in [0.15, 0.2) is 0 Å². The third-order valence-electron chi connectivity index (χ3n) is 2.20. The maximum Gasteiger partial charge on any atom is 0.0680 e. The van der Waals surface area contributed by atoms with Crippen LogP contribution in [0.5, 0.6) is 0 Å². The molecule has 0 aromatic heterocycles. The van der Waals surface area contributed by atoms with Crippen LogP contribution in [0.2, 0.25) is 15.1 Å². The van der Waals surface area contributed by atoms with E-state index in [0.717, 1.165) is 11.3 Å². The number of halogens is 3. The number of benzene rings is 2. The summed E-state index contributed by atoms with van der Waals surface area (Å²) in [6.07, 6.45) is 1.61. The second-order valence-electron chi connectivity index (χ2n) is 3.52. The van der Waals surface area contributed by atoms with Crippen molar-refractivity contribution in [3.05, 3.63) is 63.1 Å². The molecule has 0 amide bonds. The number of hydrogen-bond acceptors (Lipinski definition) is 2. The molecule has 0 bridgehead atoms. The van der Waals surface area contributed by atoms with Crippen molar-refractivity contribution in [1.82, 2.24) is 0 Å². The van der Waals surface area contributed by atoms with Crippen LogP contribution in [0.1, 0.15) is 5.56 Å². The topological polar surface area (TPSA) is 24.4 Å². The van der Waals surface area contributed by atoms with E-state index in [4.69, 9.17) is 34.8 Å². The van der Waals surface area contributed by atoms with Crippen LogP contribution in [0, 0.1) is 0 Å². The van der Waals surface area contributed by atoms with Gasteiger partial charge in [-0.2, -0.15) is 5.10 Å². The van der Waals surface area contributed by atoms with Gasteiger partial charge >= 0.3 is 0 Å². The predicted molar refractivity (Wildman–Crippen MR) is 79.1 cm³/mol. The van der Waals surface area contributed by atoms with Crippen LogP contribution in [0.4, 0.5) is 5.69 Å². The molecule has 18 heavy (non-hydrogen) atoms. The lowest BCUT2D eigenvalue weighted by Crippen LogP contribution is -1.91. The van der Waals surface area contributed by atoms with Gasteiger partial charge in [0, 0.05) is 10.6 Å². The van der Waals surface area contributed by atoms with Crippen molar-refractivity contribution < 1.29 is 0 Å². The van der Waals surface area contributed by atoms with Gasteiger partial charge in [-0.3, -0.25) is 5.43 Å². The maximum absolute atomic E-state index is 6.03. The van der Waals surface area contributed by atoms with E-state index < -0.39 is 0 Å². The van der Waals surface area contributed by atoms with Gasteiger partial charge in [0.05, 0.1) is 21.9 Å². The van der Waals surface area contributed by atoms with Crippen LogP contribution >= 0.6 is 34.8 Å². The number of nitrogens with zero attached hydrogens (tertiary/aromatic N) is 1. The van der Waals surface area contributed by atoms with E-state index in [-0.39, 0.29) is 0 Å². The number of hydrogen-bond donors (Lipinski definition) is 1. The summed E-state index contributed by atoms with van der Waals surface area (Å²) in [6.45, 7) is 0. The Bertz CT molecular complexity index is 582. The first-order chi connectivity index (χ1) is 8.66. The highest BCUT2D eigenvalue weighted by molar-refractivity contribution is 6.43. The lowest BCUT2D eigenvalue weighted by molar-refractivity contribution is 1.35. The molecule has 0 saturated heterocycles. The first-order valence-electron chi connectivity index (χ1n) is 5.15. The highest BCUT2D eigenvalue weighted by atomic mass is 35.5. The van der Waals surface area contributed by atoms with Gasteiger partial charge in [-0.15, -0.1) is 0 Å². The zero-order chi connectivity index (χ0) is 13.0. The molecule has 0 saturated carbocycles. The molecule has 2 aromatic rings. The van der Waals surface area contributed by atoms with E-state index in [0.29, 0.717) is 15.1 Å². The highest BCUT2D eigenvalue weighted by Gasteiger charge is 2.01. The third-order valence-corrected chi connectivity index (χ3v) is 3.27. The molecule has 5 heteroatoms. The standard InChI is InChI=1S/C13H9Cl3N2/c14-10-4-2-5-11(7-10)18-17-8-9-3-1-6-12(15)13(9)16/h1-8,18H. The van der Waals surface area contributed by atoms with E-state index in [9.17, 15) is 0 Å². The van der Waals surface area contributed by atoms with Crippen LogP contribution in [0.25, 0.3) is 0 Å². The van der Waals surface area contributed by atoms with Gasteiger partial charge in [-0.1, -0.05) is 53.0 Å². The Hall–Kier alpha value is -1.22. The average molecular weight is 300 g/mol. The van der Waals surface area contributed by atoms with E-state index in [1.165, 1.54) is 0 Å². The van der Waals surface area contributed by atoms with Crippen LogP contribution < -0.4 is 5.43 Å². The van der Waals surface area contributed by atoms with Gasteiger partial charge in [-0.05, 0) is 24.3 Å². The summed E-state index contributed by atoms with van der Waals surface area (Å²) in [5, 5.41) is 5.71. The fourth-order valence-electron chi connectivity index (χ4n) is 1.35. The van der Waals surface area contributed by atoms with Crippen molar-refractivity contribution in [2.45, 2.75) is 0 Å². The Morgan fingerprint density at radius 2 is 1.78 bits per heavy atom. The smallest absolute Gasteiger partial charge is 0.0680 e. The molecule has 92 valence electrons. The average Bonchev–Trinajstić information content (AvgIpc) is 2.35. The minimum absolute atomic E-state index is 0.482. The molecule has 0 spiro atoms. The molecule has 0 aliphatic carbocycles. The second-order valence-corrected chi connectivity index (χ2v) is 4.74. The fraction of sp³-hybridized carbons (Fsp3) is 0. The summed E-state index contributed by atoms with van der Waals surface area (Å²) in [7, 11) is 0.